The highest BCUT2D eigenvalue weighted by molar-refractivity contribution is 7.13. The largest absolute Gasteiger partial charge is 0.325 e. The third kappa shape index (κ3) is 4.08. The smallest absolute Gasteiger partial charge is 0.235 e. The quantitative estimate of drug-likeness (QED) is 0.335. The summed E-state index contributed by atoms with van der Waals surface area (Å²) in [6.07, 6.45) is 3.84. The number of hydrogen-bond donors (Lipinski definition) is 1. The second kappa shape index (κ2) is 8.89. The third-order valence-electron chi connectivity index (χ3n) is 6.25. The lowest BCUT2D eigenvalue weighted by Gasteiger charge is -2.28. The fourth-order valence-electron chi connectivity index (χ4n) is 4.49. The van der Waals surface area contributed by atoms with Gasteiger partial charge in [-0.05, 0) is 42.7 Å². The van der Waals surface area contributed by atoms with Crippen LogP contribution in [0.15, 0.2) is 84.2 Å². The van der Waals surface area contributed by atoms with Gasteiger partial charge in [0.25, 0.3) is 0 Å². The van der Waals surface area contributed by atoms with Gasteiger partial charge in [-0.25, -0.2) is 4.98 Å². The molecule has 0 bridgehead atoms. The first-order valence-corrected chi connectivity index (χ1v) is 12.1. The Labute approximate surface area is 197 Å². The standard InChI is InChI=1S/C27H23ClN2OS/c28-22-12-10-21(11-13-22)27(16-4-5-17-27)26(31)29-23-14-8-19(9-15-23)24-18-32-25(30-24)20-6-2-1-3-7-20/h1-3,6-15,18H,4-5,16-17H2,(H,29,31). The zero-order valence-electron chi connectivity index (χ0n) is 17.6. The summed E-state index contributed by atoms with van der Waals surface area (Å²) in [5.74, 6) is 0.0603. The van der Waals surface area contributed by atoms with Crippen LogP contribution in [0.5, 0.6) is 0 Å². The Bertz CT molecular complexity index is 1210. The molecule has 0 atom stereocenters. The normalized spacial score (nSPS) is 14.9. The van der Waals surface area contributed by atoms with Crippen molar-refractivity contribution in [1.82, 2.24) is 4.98 Å². The molecule has 32 heavy (non-hydrogen) atoms. The van der Waals surface area contributed by atoms with Gasteiger partial charge < -0.3 is 5.32 Å². The van der Waals surface area contributed by atoms with Gasteiger partial charge in [0.2, 0.25) is 5.91 Å². The predicted molar refractivity (Wildman–Crippen MR) is 133 cm³/mol. The van der Waals surface area contributed by atoms with Crippen molar-refractivity contribution in [2.75, 3.05) is 5.32 Å². The Morgan fingerprint density at radius 3 is 2.25 bits per heavy atom. The zero-order chi connectivity index (χ0) is 22.0. The minimum atomic E-state index is -0.483. The Hall–Kier alpha value is -2.95. The number of carbonyl (C=O) groups is 1. The maximum Gasteiger partial charge on any atom is 0.235 e. The predicted octanol–water partition coefficient (Wildman–Crippen LogP) is 7.58. The van der Waals surface area contributed by atoms with Crippen molar-refractivity contribution in [3.05, 3.63) is 94.8 Å². The van der Waals surface area contributed by atoms with E-state index in [1.165, 1.54) is 0 Å². The average molecular weight is 459 g/mol. The minimum absolute atomic E-state index is 0.0603. The van der Waals surface area contributed by atoms with Crippen molar-refractivity contribution >= 4 is 34.5 Å². The van der Waals surface area contributed by atoms with Crippen LogP contribution in [-0.4, -0.2) is 10.9 Å². The lowest BCUT2D eigenvalue weighted by Crippen LogP contribution is -2.37. The number of rotatable bonds is 5. The van der Waals surface area contributed by atoms with Crippen molar-refractivity contribution < 1.29 is 4.79 Å². The average Bonchev–Trinajstić information content (AvgIpc) is 3.52. The van der Waals surface area contributed by atoms with Crippen molar-refractivity contribution in [3.63, 3.8) is 0 Å². The molecule has 4 aromatic rings. The van der Waals surface area contributed by atoms with Crippen LogP contribution in [0.2, 0.25) is 5.02 Å². The lowest BCUT2D eigenvalue weighted by atomic mass is 9.78. The van der Waals surface area contributed by atoms with Gasteiger partial charge in [0.05, 0.1) is 11.1 Å². The van der Waals surface area contributed by atoms with Crippen LogP contribution < -0.4 is 5.32 Å². The molecular formula is C27H23ClN2OS. The molecule has 0 spiro atoms. The first kappa shape index (κ1) is 20.9. The van der Waals surface area contributed by atoms with Crippen LogP contribution in [0.25, 0.3) is 21.8 Å². The van der Waals surface area contributed by atoms with E-state index in [1.54, 1.807) is 11.3 Å². The molecule has 1 aliphatic carbocycles. The third-order valence-corrected chi connectivity index (χ3v) is 7.40. The number of amides is 1. The molecule has 1 aromatic heterocycles. The number of hydrogen-bond acceptors (Lipinski definition) is 3. The van der Waals surface area contributed by atoms with Crippen LogP contribution in [0, 0.1) is 0 Å². The van der Waals surface area contributed by atoms with E-state index in [0.29, 0.717) is 5.02 Å². The van der Waals surface area contributed by atoms with Gasteiger partial charge >= 0.3 is 0 Å². The van der Waals surface area contributed by atoms with Crippen LogP contribution in [-0.2, 0) is 10.2 Å². The maximum absolute atomic E-state index is 13.4. The van der Waals surface area contributed by atoms with Gasteiger partial charge in [0.1, 0.15) is 5.01 Å². The van der Waals surface area contributed by atoms with E-state index in [1.807, 2.05) is 66.7 Å². The molecule has 0 unspecified atom stereocenters. The molecule has 3 aromatic carbocycles. The molecular weight excluding hydrogens is 436 g/mol. The van der Waals surface area contributed by atoms with Gasteiger partial charge in [-0.3, -0.25) is 4.79 Å². The molecule has 160 valence electrons. The van der Waals surface area contributed by atoms with Crippen molar-refractivity contribution in [2.45, 2.75) is 31.1 Å². The SMILES string of the molecule is O=C(Nc1ccc(-c2csc(-c3ccccc3)n2)cc1)C1(c2ccc(Cl)cc2)CCCC1. The first-order chi connectivity index (χ1) is 15.6. The van der Waals surface area contributed by atoms with Crippen LogP contribution in [0.3, 0.4) is 0 Å². The van der Waals surface area contributed by atoms with E-state index in [9.17, 15) is 4.79 Å². The van der Waals surface area contributed by atoms with E-state index in [2.05, 4.69) is 22.8 Å². The molecule has 0 radical (unpaired) electrons. The highest BCUT2D eigenvalue weighted by Crippen LogP contribution is 2.42. The van der Waals surface area contributed by atoms with Gasteiger partial charge in [0, 0.05) is 27.2 Å². The van der Waals surface area contributed by atoms with Crippen LogP contribution in [0.1, 0.15) is 31.2 Å². The Morgan fingerprint density at radius 1 is 0.875 bits per heavy atom. The lowest BCUT2D eigenvalue weighted by molar-refractivity contribution is -0.121. The molecule has 1 fully saturated rings. The van der Waals surface area contributed by atoms with Gasteiger partial charge in [0.15, 0.2) is 0 Å². The second-order valence-corrected chi connectivity index (χ2v) is 9.53. The van der Waals surface area contributed by atoms with E-state index in [-0.39, 0.29) is 5.91 Å². The Kier molecular flexibility index (Phi) is 5.81. The summed E-state index contributed by atoms with van der Waals surface area (Å²) < 4.78 is 0. The number of benzene rings is 3. The van der Waals surface area contributed by atoms with E-state index in [4.69, 9.17) is 16.6 Å². The monoisotopic (exact) mass is 458 g/mol. The second-order valence-electron chi connectivity index (χ2n) is 8.23. The molecule has 3 nitrogen and oxygen atoms in total. The number of carbonyl (C=O) groups excluding carboxylic acids is 1. The highest BCUT2D eigenvalue weighted by Gasteiger charge is 2.42. The number of thiazole rings is 1. The van der Waals surface area contributed by atoms with Gasteiger partial charge in [-0.2, -0.15) is 0 Å². The molecule has 5 heteroatoms. The number of halogens is 1. The molecule has 1 heterocycles. The summed E-state index contributed by atoms with van der Waals surface area (Å²) in [4.78, 5) is 18.2. The Morgan fingerprint density at radius 2 is 1.56 bits per heavy atom. The molecule has 0 aliphatic heterocycles. The van der Waals surface area contributed by atoms with Crippen molar-refractivity contribution in [3.8, 4) is 21.8 Å². The summed E-state index contributed by atoms with van der Waals surface area (Å²) in [7, 11) is 0. The van der Waals surface area contributed by atoms with Crippen molar-refractivity contribution in [2.24, 2.45) is 0 Å². The van der Waals surface area contributed by atoms with E-state index in [0.717, 1.165) is 58.8 Å². The molecule has 1 aliphatic rings. The zero-order valence-corrected chi connectivity index (χ0v) is 19.1. The summed E-state index contributed by atoms with van der Waals surface area (Å²) in [5, 5.41) is 6.93. The first-order valence-electron chi connectivity index (χ1n) is 10.8. The van der Waals surface area contributed by atoms with Crippen LogP contribution >= 0.6 is 22.9 Å². The van der Waals surface area contributed by atoms with E-state index >= 15 is 0 Å². The van der Waals surface area contributed by atoms with Crippen molar-refractivity contribution in [1.29, 1.82) is 0 Å². The summed E-state index contributed by atoms with van der Waals surface area (Å²) >= 11 is 7.71. The topological polar surface area (TPSA) is 42.0 Å². The number of nitrogens with zero attached hydrogens (tertiary/aromatic N) is 1. The Balaban J connectivity index is 1.34. The van der Waals surface area contributed by atoms with Gasteiger partial charge in [-0.1, -0.05) is 79.0 Å². The fraction of sp³-hybridized carbons (Fsp3) is 0.185. The van der Waals surface area contributed by atoms with Crippen LogP contribution in [0.4, 0.5) is 5.69 Å². The molecule has 0 saturated heterocycles. The fourth-order valence-corrected chi connectivity index (χ4v) is 5.45. The summed E-state index contributed by atoms with van der Waals surface area (Å²) in [6.45, 7) is 0. The van der Waals surface area contributed by atoms with Gasteiger partial charge in [-0.15, -0.1) is 11.3 Å². The molecule has 1 saturated carbocycles. The summed E-state index contributed by atoms with van der Waals surface area (Å²) in [5.41, 5.74) is 4.47. The molecule has 1 amide bonds. The maximum atomic E-state index is 13.4. The molecule has 5 rings (SSSR count). The minimum Gasteiger partial charge on any atom is -0.325 e. The number of nitrogens with one attached hydrogen (secondary N) is 1. The number of aromatic nitrogens is 1. The number of anilines is 1. The van der Waals surface area contributed by atoms with E-state index < -0.39 is 5.41 Å². The highest BCUT2D eigenvalue weighted by atomic mass is 35.5. The summed E-state index contributed by atoms with van der Waals surface area (Å²) in [6, 6.07) is 25.9. The molecule has 1 N–H and O–H groups in total.